The number of nitriles is 2. The van der Waals surface area contributed by atoms with E-state index in [9.17, 15) is 23.9 Å². The number of anilines is 1. The number of carbonyl (C=O) groups is 1. The fourth-order valence-electron chi connectivity index (χ4n) is 5.76. The first-order chi connectivity index (χ1) is 17.4. The van der Waals surface area contributed by atoms with Crippen molar-refractivity contribution in [2.24, 2.45) is 5.41 Å². The Bertz CT molecular complexity index is 1400. The second kappa shape index (κ2) is 8.22. The molecule has 6 rings (SSSR count). The van der Waals surface area contributed by atoms with Gasteiger partial charge in [-0.15, -0.1) is 0 Å². The van der Waals surface area contributed by atoms with Gasteiger partial charge in [-0.05, 0) is 74.9 Å². The summed E-state index contributed by atoms with van der Waals surface area (Å²) in [5.74, 6) is -0.514. The number of fused-ring (bicyclic) bond motifs is 1. The predicted molar refractivity (Wildman–Crippen MR) is 128 cm³/mol. The quantitative estimate of drug-likeness (QED) is 0.535. The van der Waals surface area contributed by atoms with Gasteiger partial charge < -0.3 is 15.2 Å². The highest BCUT2D eigenvalue weighted by Gasteiger charge is 2.69. The van der Waals surface area contributed by atoms with Crippen molar-refractivity contribution in [3.05, 3.63) is 46.2 Å². The van der Waals surface area contributed by atoms with Crippen molar-refractivity contribution < 1.29 is 23.4 Å². The van der Waals surface area contributed by atoms with Gasteiger partial charge in [0.05, 0.1) is 29.7 Å². The topological polar surface area (TPSA) is 135 Å². The number of rotatable bonds is 7. The average molecular weight is 507 g/mol. The monoisotopic (exact) mass is 506 g/mol. The Morgan fingerprint density at radius 1 is 1.24 bits per heavy atom. The van der Waals surface area contributed by atoms with Crippen molar-refractivity contribution in [3.8, 4) is 23.8 Å². The molecule has 0 radical (unpaired) electrons. The zero-order chi connectivity index (χ0) is 26.8. The predicted octanol–water partition coefficient (Wildman–Crippen LogP) is 4.17. The summed E-state index contributed by atoms with van der Waals surface area (Å²) in [6, 6.07) is 7.86. The summed E-state index contributed by atoms with van der Waals surface area (Å²) in [5, 5.41) is 32.6. The normalized spacial score (nSPS) is 27.4. The lowest BCUT2D eigenvalue weighted by Crippen LogP contribution is -2.70. The minimum absolute atomic E-state index is 0.0620. The minimum Gasteiger partial charge on any atom is -0.438 e. The highest BCUT2D eigenvalue weighted by atomic mass is 19.3. The van der Waals surface area contributed by atoms with Crippen LogP contribution in [0.5, 0.6) is 11.6 Å². The maximum absolute atomic E-state index is 13.3. The Kier molecular flexibility index (Phi) is 5.46. The number of aryl methyl sites for hydroxylation is 2. The fraction of sp³-hybridized carbons (Fsp3) is 0.423. The molecule has 1 unspecified atom stereocenters. The summed E-state index contributed by atoms with van der Waals surface area (Å²) in [6.45, 7) is 3.83. The number of aliphatic hydroxyl groups is 1. The molecule has 2 bridgehead atoms. The third kappa shape index (κ3) is 3.87. The van der Waals surface area contributed by atoms with Crippen molar-refractivity contribution >= 4 is 17.9 Å². The Hall–Kier alpha value is -4.09. The number of halogens is 2. The van der Waals surface area contributed by atoms with Gasteiger partial charge in [-0.25, -0.2) is 13.8 Å². The summed E-state index contributed by atoms with van der Waals surface area (Å²) >= 11 is 0. The van der Waals surface area contributed by atoms with Crippen molar-refractivity contribution in [2.75, 3.05) is 11.9 Å². The van der Waals surface area contributed by atoms with Crippen LogP contribution in [0.25, 0.3) is 6.08 Å². The van der Waals surface area contributed by atoms with Crippen LogP contribution < -0.4 is 10.1 Å². The number of ether oxygens (including phenoxy) is 1. The van der Waals surface area contributed by atoms with E-state index in [1.54, 1.807) is 32.1 Å². The summed E-state index contributed by atoms with van der Waals surface area (Å²) in [6.07, 6.45) is 1.98. The molecular formula is C26H24F2N6O3. The van der Waals surface area contributed by atoms with Crippen molar-refractivity contribution in [3.63, 3.8) is 0 Å². The second-order valence-electron chi connectivity index (χ2n) is 10.3. The van der Waals surface area contributed by atoms with Crippen LogP contribution in [0.1, 0.15) is 58.9 Å². The van der Waals surface area contributed by atoms with Gasteiger partial charge in [-0.3, -0.25) is 9.69 Å². The smallest absolute Gasteiger partial charge is 0.275 e. The first-order valence-corrected chi connectivity index (χ1v) is 11.7. The Morgan fingerprint density at radius 2 is 1.89 bits per heavy atom. The molecule has 0 saturated heterocycles. The number of allylic oxidation sites excluding steroid dienone is 1. The molecule has 2 N–H and O–H groups in total. The number of alkyl halides is 2. The molecular weight excluding hydrogens is 482 g/mol. The summed E-state index contributed by atoms with van der Waals surface area (Å²) in [4.78, 5) is 22.6. The van der Waals surface area contributed by atoms with Crippen molar-refractivity contribution in [2.45, 2.75) is 57.7 Å². The summed E-state index contributed by atoms with van der Waals surface area (Å²) < 4.78 is 32.8. The van der Waals surface area contributed by atoms with Crippen LogP contribution in [0.3, 0.4) is 0 Å². The largest absolute Gasteiger partial charge is 0.438 e. The van der Waals surface area contributed by atoms with Gasteiger partial charge in [0.25, 0.3) is 12.3 Å². The number of carbonyl (C=O) groups excluding carboxylic acids is 1. The molecule has 1 amide bonds. The van der Waals surface area contributed by atoms with Crippen LogP contribution in [0.4, 0.5) is 14.7 Å². The van der Waals surface area contributed by atoms with Gasteiger partial charge in [0.15, 0.2) is 5.72 Å². The molecule has 0 spiro atoms. The Balaban J connectivity index is 1.57. The molecule has 1 aromatic carbocycles. The van der Waals surface area contributed by atoms with E-state index in [0.29, 0.717) is 41.0 Å². The van der Waals surface area contributed by atoms with Gasteiger partial charge in [0, 0.05) is 11.6 Å². The zero-order valence-electron chi connectivity index (χ0n) is 20.5. The molecule has 2 aromatic rings. The third-order valence-electron chi connectivity index (χ3n) is 7.32. The molecule has 3 aliphatic carbocycles. The van der Waals surface area contributed by atoms with Crippen LogP contribution in [-0.4, -0.2) is 44.4 Å². The lowest BCUT2D eigenvalue weighted by atomic mass is 9.40. The van der Waals surface area contributed by atoms with Gasteiger partial charge in [-0.2, -0.15) is 15.5 Å². The number of amides is 1. The fourth-order valence-corrected chi connectivity index (χ4v) is 5.76. The molecule has 37 heavy (non-hydrogen) atoms. The van der Waals surface area contributed by atoms with Crippen LogP contribution in [0, 0.1) is 41.9 Å². The molecule has 190 valence electrons. The van der Waals surface area contributed by atoms with Crippen molar-refractivity contribution in [1.82, 2.24) is 14.9 Å². The summed E-state index contributed by atoms with van der Waals surface area (Å²) in [7, 11) is 0. The second-order valence-corrected chi connectivity index (χ2v) is 10.3. The van der Waals surface area contributed by atoms with Gasteiger partial charge in [0.1, 0.15) is 11.4 Å². The molecule has 11 heteroatoms. The summed E-state index contributed by atoms with van der Waals surface area (Å²) in [5.41, 5.74) is -0.979. The van der Waals surface area contributed by atoms with E-state index in [1.165, 1.54) is 13.0 Å². The Labute approximate surface area is 212 Å². The molecule has 3 saturated carbocycles. The SMILES string of the molecule is Cc1cc(/C=C/C#N)cc(C)c1Oc1nc(NC23CC(C#N)(C2)C3)nc2c1C(C)(O)N(CC(F)F)C2=O. The molecule has 4 aliphatic rings. The lowest BCUT2D eigenvalue weighted by Gasteiger charge is -2.66. The number of nitrogens with one attached hydrogen (secondary N) is 1. The van der Waals surface area contributed by atoms with E-state index < -0.39 is 24.6 Å². The van der Waals surface area contributed by atoms with E-state index in [0.717, 1.165) is 5.56 Å². The average Bonchev–Trinajstić information content (AvgIpc) is 2.96. The van der Waals surface area contributed by atoms with Crippen molar-refractivity contribution in [1.29, 1.82) is 10.5 Å². The molecule has 2 heterocycles. The van der Waals surface area contributed by atoms with E-state index in [2.05, 4.69) is 21.4 Å². The first kappa shape index (κ1) is 24.6. The van der Waals surface area contributed by atoms with Crippen LogP contribution in [-0.2, 0) is 5.72 Å². The maximum atomic E-state index is 13.3. The van der Waals surface area contributed by atoms with E-state index in [4.69, 9.17) is 10.00 Å². The number of aromatic nitrogens is 2. The maximum Gasteiger partial charge on any atom is 0.275 e. The third-order valence-corrected chi connectivity index (χ3v) is 7.32. The van der Waals surface area contributed by atoms with E-state index in [1.807, 2.05) is 6.07 Å². The molecule has 3 fully saturated rings. The highest BCUT2D eigenvalue weighted by molar-refractivity contribution is 5.98. The van der Waals surface area contributed by atoms with Gasteiger partial charge in [-0.1, -0.05) is 0 Å². The molecule has 1 aromatic heterocycles. The van der Waals surface area contributed by atoms with Gasteiger partial charge >= 0.3 is 0 Å². The number of hydrogen-bond acceptors (Lipinski definition) is 8. The molecule has 9 nitrogen and oxygen atoms in total. The standard InChI is InChI=1S/C26H24F2N6O3/c1-14-7-16(5-4-6-29)8-15(2)20(14)37-21-18-19(22(35)34(9-17(27)28)24(18,3)36)31-23(32-21)33-26-10-25(11-26,12-26)13-30/h4-5,7-8,17,36H,9-12H2,1-3H3,(H,31,32,33)/b5-4+. The minimum atomic E-state index is -2.87. The lowest BCUT2D eigenvalue weighted by molar-refractivity contribution is -0.0871. The molecule has 1 atom stereocenters. The Morgan fingerprint density at radius 3 is 2.46 bits per heavy atom. The van der Waals surface area contributed by atoms with Crippen LogP contribution in [0.15, 0.2) is 18.2 Å². The highest BCUT2D eigenvalue weighted by Crippen LogP contribution is 2.67. The van der Waals surface area contributed by atoms with E-state index in [-0.39, 0.29) is 34.0 Å². The van der Waals surface area contributed by atoms with E-state index >= 15 is 0 Å². The van der Waals surface area contributed by atoms with Crippen LogP contribution >= 0.6 is 0 Å². The number of hydrogen-bond donors (Lipinski definition) is 2. The number of nitrogens with zero attached hydrogens (tertiary/aromatic N) is 5. The van der Waals surface area contributed by atoms with Crippen LogP contribution in [0.2, 0.25) is 0 Å². The van der Waals surface area contributed by atoms with Gasteiger partial charge in [0.2, 0.25) is 11.8 Å². The zero-order valence-corrected chi connectivity index (χ0v) is 20.5. The number of benzene rings is 1. The molecule has 1 aliphatic heterocycles. The first-order valence-electron chi connectivity index (χ1n) is 11.7.